The lowest BCUT2D eigenvalue weighted by Crippen LogP contribution is -2.33. The molecule has 2 rings (SSSR count). The molecule has 0 aromatic carbocycles. The van der Waals surface area contributed by atoms with Gasteiger partial charge in [-0.05, 0) is 36.2 Å². The van der Waals surface area contributed by atoms with E-state index < -0.39 is 0 Å². The molecule has 0 N–H and O–H groups in total. The summed E-state index contributed by atoms with van der Waals surface area (Å²) < 4.78 is 2.83. The summed E-state index contributed by atoms with van der Waals surface area (Å²) in [5.74, 6) is 0.946. The maximum Gasteiger partial charge on any atom is 0.180 e. The quantitative estimate of drug-likeness (QED) is 0.869. The molecule has 2 heterocycles. The summed E-state index contributed by atoms with van der Waals surface area (Å²) in [7, 11) is 0. The number of imidazole rings is 1. The topological polar surface area (TPSA) is 33.4 Å². The van der Waals surface area contributed by atoms with Gasteiger partial charge in [-0.2, -0.15) is 0 Å². The van der Waals surface area contributed by atoms with Gasteiger partial charge in [0, 0.05) is 31.2 Å². The molecule has 2 aromatic heterocycles. The lowest BCUT2D eigenvalue weighted by molar-refractivity contribution is 0.623. The average molecular weight is 297 g/mol. The summed E-state index contributed by atoms with van der Waals surface area (Å²) in [5.41, 5.74) is 0.912. The van der Waals surface area contributed by atoms with E-state index in [1.165, 1.54) is 0 Å². The Hall–Kier alpha value is -1.10. The molecule has 0 saturated carbocycles. The fraction of sp³-hybridized carbons (Fsp3) is 0.500. The third kappa shape index (κ3) is 2.29. The van der Waals surface area contributed by atoms with Gasteiger partial charge < -0.3 is 9.30 Å². The van der Waals surface area contributed by atoms with Crippen LogP contribution in [0, 0.1) is 0 Å². The van der Waals surface area contributed by atoms with Crippen molar-refractivity contribution in [2.24, 2.45) is 0 Å². The summed E-state index contributed by atoms with van der Waals surface area (Å²) in [5, 5.41) is 0. The second-order valence-corrected chi connectivity index (χ2v) is 4.90. The van der Waals surface area contributed by atoms with E-state index in [4.69, 9.17) is 0 Å². The van der Waals surface area contributed by atoms with Gasteiger partial charge in [0.15, 0.2) is 11.5 Å². The molecule has 0 saturated heterocycles. The monoisotopic (exact) mass is 296 g/mol. The normalized spacial score (nSPS) is 12.9. The zero-order valence-electron chi connectivity index (χ0n) is 10.4. The second-order valence-electron chi connectivity index (χ2n) is 4.09. The smallest absolute Gasteiger partial charge is 0.180 e. The van der Waals surface area contributed by atoms with E-state index in [1.54, 1.807) is 6.20 Å². The standard InChI is InChI=1S/C12H17BrN4/c1-4-9(3)17(5-2)12-11-14-6-7-16(11)8-10(13)15-12/h6-9H,4-5H2,1-3H3. The molecule has 0 amide bonds. The van der Waals surface area contributed by atoms with Crippen molar-refractivity contribution < 1.29 is 0 Å². The Morgan fingerprint density at radius 2 is 2.24 bits per heavy atom. The van der Waals surface area contributed by atoms with Crippen molar-refractivity contribution in [3.05, 3.63) is 23.2 Å². The van der Waals surface area contributed by atoms with E-state index in [9.17, 15) is 0 Å². The average Bonchev–Trinajstić information content (AvgIpc) is 2.77. The number of anilines is 1. The Morgan fingerprint density at radius 3 is 2.88 bits per heavy atom. The molecule has 0 aliphatic heterocycles. The van der Waals surface area contributed by atoms with Crippen molar-refractivity contribution in [3.8, 4) is 0 Å². The van der Waals surface area contributed by atoms with Crippen LogP contribution in [0.4, 0.5) is 5.82 Å². The SMILES string of the molecule is CCC(C)N(CC)c1nc(Br)cn2ccnc12. The van der Waals surface area contributed by atoms with Crippen molar-refractivity contribution in [2.45, 2.75) is 33.2 Å². The third-order valence-electron chi connectivity index (χ3n) is 3.06. The van der Waals surface area contributed by atoms with Crippen molar-refractivity contribution in [2.75, 3.05) is 11.4 Å². The molecule has 0 aliphatic carbocycles. The Balaban J connectivity index is 2.55. The van der Waals surface area contributed by atoms with Gasteiger partial charge in [0.2, 0.25) is 0 Å². The third-order valence-corrected chi connectivity index (χ3v) is 3.44. The first kappa shape index (κ1) is 12.4. The van der Waals surface area contributed by atoms with Crippen LogP contribution in [0.2, 0.25) is 0 Å². The van der Waals surface area contributed by atoms with Crippen LogP contribution in [0.25, 0.3) is 5.65 Å². The zero-order chi connectivity index (χ0) is 12.4. The van der Waals surface area contributed by atoms with Gasteiger partial charge in [0.25, 0.3) is 0 Å². The minimum Gasteiger partial charge on any atom is -0.351 e. The highest BCUT2D eigenvalue weighted by Crippen LogP contribution is 2.23. The minimum absolute atomic E-state index is 0.460. The van der Waals surface area contributed by atoms with Crippen molar-refractivity contribution in [1.29, 1.82) is 0 Å². The Kier molecular flexibility index (Phi) is 3.66. The summed E-state index contributed by atoms with van der Waals surface area (Å²) in [6.45, 7) is 7.48. The molecule has 5 heteroatoms. The molecular weight excluding hydrogens is 280 g/mol. The molecule has 0 aliphatic rings. The summed E-state index contributed by atoms with van der Waals surface area (Å²) in [4.78, 5) is 11.2. The van der Waals surface area contributed by atoms with Crippen LogP contribution in [0.15, 0.2) is 23.2 Å². The maximum absolute atomic E-state index is 4.57. The molecule has 4 nitrogen and oxygen atoms in total. The van der Waals surface area contributed by atoms with E-state index in [2.05, 4.69) is 51.6 Å². The summed E-state index contributed by atoms with van der Waals surface area (Å²) in [6, 6.07) is 0.460. The molecule has 1 atom stereocenters. The Labute approximate surface area is 110 Å². The van der Waals surface area contributed by atoms with Crippen LogP contribution in [0.3, 0.4) is 0 Å². The molecule has 1 unspecified atom stereocenters. The van der Waals surface area contributed by atoms with Crippen LogP contribution in [0.1, 0.15) is 27.2 Å². The highest BCUT2D eigenvalue weighted by molar-refractivity contribution is 9.10. The number of fused-ring (bicyclic) bond motifs is 1. The Morgan fingerprint density at radius 1 is 1.47 bits per heavy atom. The van der Waals surface area contributed by atoms with Gasteiger partial charge in [-0.25, -0.2) is 9.97 Å². The summed E-state index contributed by atoms with van der Waals surface area (Å²) in [6.07, 6.45) is 6.76. The fourth-order valence-electron chi connectivity index (χ4n) is 1.97. The van der Waals surface area contributed by atoms with Gasteiger partial charge in [-0.1, -0.05) is 6.92 Å². The highest BCUT2D eigenvalue weighted by Gasteiger charge is 2.17. The van der Waals surface area contributed by atoms with E-state index in [-0.39, 0.29) is 0 Å². The number of halogens is 1. The Bertz CT molecular complexity index is 508. The van der Waals surface area contributed by atoms with E-state index in [0.717, 1.165) is 29.0 Å². The van der Waals surface area contributed by atoms with Crippen molar-refractivity contribution in [3.63, 3.8) is 0 Å². The predicted molar refractivity (Wildman–Crippen MR) is 73.5 cm³/mol. The van der Waals surface area contributed by atoms with Crippen molar-refractivity contribution >= 4 is 27.4 Å². The van der Waals surface area contributed by atoms with Gasteiger partial charge >= 0.3 is 0 Å². The van der Waals surface area contributed by atoms with Crippen LogP contribution in [-0.2, 0) is 0 Å². The number of nitrogens with zero attached hydrogens (tertiary/aromatic N) is 4. The highest BCUT2D eigenvalue weighted by atomic mass is 79.9. The van der Waals surface area contributed by atoms with Gasteiger partial charge in [0.1, 0.15) is 4.60 Å². The van der Waals surface area contributed by atoms with Gasteiger partial charge in [0.05, 0.1) is 0 Å². The number of aromatic nitrogens is 3. The zero-order valence-corrected chi connectivity index (χ0v) is 12.0. The largest absolute Gasteiger partial charge is 0.351 e. The lowest BCUT2D eigenvalue weighted by atomic mass is 10.2. The number of rotatable bonds is 4. The first-order valence-corrected chi connectivity index (χ1v) is 6.72. The molecule has 0 spiro atoms. The lowest BCUT2D eigenvalue weighted by Gasteiger charge is -2.28. The molecule has 0 fully saturated rings. The predicted octanol–water partition coefficient (Wildman–Crippen LogP) is 3.12. The number of hydrogen-bond donors (Lipinski definition) is 0. The van der Waals surface area contributed by atoms with Crippen LogP contribution < -0.4 is 4.90 Å². The van der Waals surface area contributed by atoms with E-state index in [0.29, 0.717) is 6.04 Å². The molecular formula is C12H17BrN4. The van der Waals surface area contributed by atoms with E-state index in [1.807, 2.05) is 16.8 Å². The first-order valence-electron chi connectivity index (χ1n) is 5.93. The second kappa shape index (κ2) is 5.04. The van der Waals surface area contributed by atoms with E-state index >= 15 is 0 Å². The van der Waals surface area contributed by atoms with Crippen LogP contribution in [0.5, 0.6) is 0 Å². The molecule has 0 radical (unpaired) electrons. The minimum atomic E-state index is 0.460. The van der Waals surface area contributed by atoms with Gasteiger partial charge in [-0.15, -0.1) is 0 Å². The molecule has 2 aromatic rings. The fourth-order valence-corrected chi connectivity index (χ4v) is 2.36. The molecule has 17 heavy (non-hydrogen) atoms. The molecule has 0 bridgehead atoms. The maximum atomic E-state index is 4.57. The first-order chi connectivity index (χ1) is 8.17. The van der Waals surface area contributed by atoms with Crippen LogP contribution >= 0.6 is 15.9 Å². The molecule has 92 valence electrons. The van der Waals surface area contributed by atoms with Gasteiger partial charge in [-0.3, -0.25) is 0 Å². The van der Waals surface area contributed by atoms with Crippen LogP contribution in [-0.4, -0.2) is 27.0 Å². The van der Waals surface area contributed by atoms with Crippen molar-refractivity contribution in [1.82, 2.24) is 14.4 Å². The summed E-state index contributed by atoms with van der Waals surface area (Å²) >= 11 is 3.45. The number of hydrogen-bond acceptors (Lipinski definition) is 3.